The first-order valence-corrected chi connectivity index (χ1v) is 12.4. The number of carbonyl (C=O) groups excluding carboxylic acids is 1. The Labute approximate surface area is 179 Å². The van der Waals surface area contributed by atoms with Crippen molar-refractivity contribution in [2.45, 2.75) is 128 Å². The van der Waals surface area contributed by atoms with Crippen molar-refractivity contribution in [1.29, 1.82) is 0 Å². The molecule has 170 valence electrons. The van der Waals surface area contributed by atoms with E-state index in [1.807, 2.05) is 6.08 Å². The van der Waals surface area contributed by atoms with E-state index in [4.69, 9.17) is 0 Å². The third-order valence-electron chi connectivity index (χ3n) is 6.22. The summed E-state index contributed by atoms with van der Waals surface area (Å²) in [7, 11) is 0. The van der Waals surface area contributed by atoms with Gasteiger partial charge in [0.25, 0.3) is 0 Å². The minimum Gasteiger partial charge on any atom is -0.394 e. The van der Waals surface area contributed by atoms with Crippen LogP contribution in [0, 0.1) is 5.92 Å². The summed E-state index contributed by atoms with van der Waals surface area (Å²) in [6.45, 7) is 2.03. The molecule has 0 aromatic carbocycles. The van der Waals surface area contributed by atoms with E-state index in [2.05, 4.69) is 12.2 Å². The number of rotatable bonds is 17. The normalized spacial score (nSPS) is 17.5. The molecule has 0 saturated heterocycles. The summed E-state index contributed by atoms with van der Waals surface area (Å²) in [5.41, 5.74) is 0. The van der Waals surface area contributed by atoms with Crippen LogP contribution in [0.15, 0.2) is 12.2 Å². The molecule has 1 aliphatic rings. The van der Waals surface area contributed by atoms with Gasteiger partial charge in [-0.15, -0.1) is 0 Å². The van der Waals surface area contributed by atoms with E-state index in [0.717, 1.165) is 38.5 Å². The molecule has 0 aromatic rings. The molecule has 0 spiro atoms. The molecule has 1 aliphatic carbocycles. The summed E-state index contributed by atoms with van der Waals surface area (Å²) in [4.78, 5) is 12.3. The van der Waals surface area contributed by atoms with Gasteiger partial charge in [0, 0.05) is 5.92 Å². The van der Waals surface area contributed by atoms with Gasteiger partial charge in [-0.1, -0.05) is 103 Å². The van der Waals surface area contributed by atoms with E-state index in [0.29, 0.717) is 0 Å². The van der Waals surface area contributed by atoms with Crippen LogP contribution in [0.1, 0.15) is 116 Å². The van der Waals surface area contributed by atoms with Gasteiger partial charge in [-0.2, -0.15) is 0 Å². The summed E-state index contributed by atoms with van der Waals surface area (Å²) < 4.78 is 0. The second-order valence-corrected chi connectivity index (χ2v) is 8.88. The monoisotopic (exact) mass is 409 g/mol. The highest BCUT2D eigenvalue weighted by molar-refractivity contribution is 5.79. The fourth-order valence-corrected chi connectivity index (χ4v) is 4.20. The van der Waals surface area contributed by atoms with E-state index in [-0.39, 0.29) is 18.4 Å². The summed E-state index contributed by atoms with van der Waals surface area (Å²) in [5, 5.41) is 22.7. The van der Waals surface area contributed by atoms with Crippen molar-refractivity contribution in [3.05, 3.63) is 12.2 Å². The molecule has 0 unspecified atom stereocenters. The standard InChI is InChI=1S/C25H47NO3/c1-2-3-4-5-6-7-8-9-10-11-12-13-17-20-24(28)23(21-27)26-25(29)22-18-15-14-16-19-22/h17,20,22-24,27-28H,2-16,18-19,21H2,1H3,(H,26,29)/b20-17+/t23-,24+/m0/s1. The lowest BCUT2D eigenvalue weighted by Crippen LogP contribution is -2.47. The Balaban J connectivity index is 2.04. The average Bonchev–Trinajstić information content (AvgIpc) is 2.75. The molecule has 4 nitrogen and oxygen atoms in total. The Morgan fingerprint density at radius 3 is 2.03 bits per heavy atom. The van der Waals surface area contributed by atoms with Crippen molar-refractivity contribution in [3.63, 3.8) is 0 Å². The van der Waals surface area contributed by atoms with E-state index >= 15 is 0 Å². The second kappa shape index (κ2) is 17.9. The highest BCUT2D eigenvalue weighted by atomic mass is 16.3. The van der Waals surface area contributed by atoms with Gasteiger partial charge in [0.2, 0.25) is 5.91 Å². The SMILES string of the molecule is CCCCCCCCCCCCC/C=C/[C@@H](O)[C@H](CO)NC(=O)C1CCCCC1. The zero-order valence-corrected chi connectivity index (χ0v) is 18.9. The van der Waals surface area contributed by atoms with Gasteiger partial charge in [-0.05, 0) is 25.7 Å². The lowest BCUT2D eigenvalue weighted by Gasteiger charge is -2.25. The van der Waals surface area contributed by atoms with Crippen LogP contribution >= 0.6 is 0 Å². The summed E-state index contributed by atoms with van der Waals surface area (Å²) >= 11 is 0. The molecule has 0 bridgehead atoms. The van der Waals surface area contributed by atoms with Gasteiger partial charge in [0.15, 0.2) is 0 Å². The van der Waals surface area contributed by atoms with Crippen molar-refractivity contribution >= 4 is 5.91 Å². The number of aliphatic hydroxyl groups is 2. The zero-order valence-electron chi connectivity index (χ0n) is 18.9. The van der Waals surface area contributed by atoms with E-state index in [9.17, 15) is 15.0 Å². The number of aliphatic hydroxyl groups excluding tert-OH is 2. The molecule has 29 heavy (non-hydrogen) atoms. The van der Waals surface area contributed by atoms with Crippen LogP contribution in [-0.4, -0.2) is 34.9 Å². The number of hydrogen-bond acceptors (Lipinski definition) is 3. The van der Waals surface area contributed by atoms with Gasteiger partial charge in [-0.25, -0.2) is 0 Å². The predicted octanol–water partition coefficient (Wildman–Crippen LogP) is 5.66. The lowest BCUT2D eigenvalue weighted by atomic mass is 9.88. The Morgan fingerprint density at radius 1 is 0.931 bits per heavy atom. The molecule has 0 radical (unpaired) electrons. The summed E-state index contributed by atoms with van der Waals surface area (Å²) in [6, 6.07) is -0.599. The smallest absolute Gasteiger partial charge is 0.223 e. The van der Waals surface area contributed by atoms with Crippen molar-refractivity contribution < 1.29 is 15.0 Å². The second-order valence-electron chi connectivity index (χ2n) is 8.88. The first-order valence-electron chi connectivity index (χ1n) is 12.4. The Kier molecular flexibility index (Phi) is 16.2. The molecule has 0 aliphatic heterocycles. The maximum Gasteiger partial charge on any atom is 0.223 e. The quantitative estimate of drug-likeness (QED) is 0.214. The fourth-order valence-electron chi connectivity index (χ4n) is 4.20. The van der Waals surface area contributed by atoms with Crippen LogP contribution < -0.4 is 5.32 Å². The molecule has 1 rings (SSSR count). The molecule has 1 amide bonds. The summed E-state index contributed by atoms with van der Waals surface area (Å²) in [6.07, 6.45) is 23.7. The molecule has 2 atom stereocenters. The maximum atomic E-state index is 12.3. The topological polar surface area (TPSA) is 69.6 Å². The third-order valence-corrected chi connectivity index (χ3v) is 6.22. The van der Waals surface area contributed by atoms with Gasteiger partial charge in [0.05, 0.1) is 18.8 Å². The molecule has 0 heterocycles. The molecule has 4 heteroatoms. The van der Waals surface area contributed by atoms with Crippen molar-refractivity contribution in [2.75, 3.05) is 6.61 Å². The first kappa shape index (κ1) is 26.2. The first-order chi connectivity index (χ1) is 14.2. The Bertz CT molecular complexity index is 418. The number of hydrogen-bond donors (Lipinski definition) is 3. The number of amides is 1. The molecule has 3 N–H and O–H groups in total. The Hall–Kier alpha value is -0.870. The number of nitrogens with one attached hydrogen (secondary N) is 1. The van der Waals surface area contributed by atoms with Gasteiger partial charge in [0.1, 0.15) is 0 Å². The number of unbranched alkanes of at least 4 members (excludes halogenated alkanes) is 11. The largest absolute Gasteiger partial charge is 0.394 e. The van der Waals surface area contributed by atoms with Gasteiger partial charge in [-0.3, -0.25) is 4.79 Å². The predicted molar refractivity (Wildman–Crippen MR) is 122 cm³/mol. The molecule has 1 fully saturated rings. The van der Waals surface area contributed by atoms with E-state index in [1.165, 1.54) is 70.6 Å². The maximum absolute atomic E-state index is 12.3. The Morgan fingerprint density at radius 2 is 1.48 bits per heavy atom. The van der Waals surface area contributed by atoms with Crippen molar-refractivity contribution in [3.8, 4) is 0 Å². The van der Waals surface area contributed by atoms with E-state index in [1.54, 1.807) is 6.08 Å². The fraction of sp³-hybridized carbons (Fsp3) is 0.880. The molecule has 1 saturated carbocycles. The minimum atomic E-state index is -0.819. The number of carbonyl (C=O) groups is 1. The van der Waals surface area contributed by atoms with Crippen LogP contribution in [0.3, 0.4) is 0 Å². The minimum absolute atomic E-state index is 0.0124. The third kappa shape index (κ3) is 13.1. The highest BCUT2D eigenvalue weighted by Crippen LogP contribution is 2.23. The van der Waals surface area contributed by atoms with Crippen molar-refractivity contribution in [2.24, 2.45) is 5.92 Å². The number of allylic oxidation sites excluding steroid dienone is 1. The van der Waals surface area contributed by atoms with Crippen LogP contribution in [0.2, 0.25) is 0 Å². The van der Waals surface area contributed by atoms with Crippen LogP contribution in [0.25, 0.3) is 0 Å². The van der Waals surface area contributed by atoms with Crippen LogP contribution in [0.5, 0.6) is 0 Å². The average molecular weight is 410 g/mol. The van der Waals surface area contributed by atoms with Crippen LogP contribution in [-0.2, 0) is 4.79 Å². The van der Waals surface area contributed by atoms with Crippen LogP contribution in [0.4, 0.5) is 0 Å². The van der Waals surface area contributed by atoms with E-state index < -0.39 is 12.1 Å². The van der Waals surface area contributed by atoms with Gasteiger partial charge < -0.3 is 15.5 Å². The molecule has 0 aromatic heterocycles. The lowest BCUT2D eigenvalue weighted by molar-refractivity contribution is -0.127. The van der Waals surface area contributed by atoms with Crippen molar-refractivity contribution in [1.82, 2.24) is 5.32 Å². The van der Waals surface area contributed by atoms with Gasteiger partial charge >= 0.3 is 0 Å². The summed E-state index contributed by atoms with van der Waals surface area (Å²) in [5.74, 6) is 0.0342. The molecular weight excluding hydrogens is 362 g/mol. The molecular formula is C25H47NO3. The zero-order chi connectivity index (χ0) is 21.2. The highest BCUT2D eigenvalue weighted by Gasteiger charge is 2.25.